The van der Waals surface area contributed by atoms with Gasteiger partial charge in [0.15, 0.2) is 5.01 Å². The summed E-state index contributed by atoms with van der Waals surface area (Å²) in [6.45, 7) is 1.95. The summed E-state index contributed by atoms with van der Waals surface area (Å²) in [6.07, 6.45) is 0. The van der Waals surface area contributed by atoms with Crippen LogP contribution in [0.3, 0.4) is 0 Å². The molecule has 3 aromatic rings. The number of hydrogen-bond donors (Lipinski definition) is 1. The molecule has 20 heavy (non-hydrogen) atoms. The fourth-order valence-corrected chi connectivity index (χ4v) is 3.26. The predicted molar refractivity (Wildman–Crippen MR) is 82.4 cm³/mol. The maximum atomic E-state index is 12.1. The number of hydrogen-bond acceptors (Lipinski definition) is 5. The van der Waals surface area contributed by atoms with Gasteiger partial charge in [-0.1, -0.05) is 35.1 Å². The van der Waals surface area contributed by atoms with E-state index in [0.717, 1.165) is 15.4 Å². The summed E-state index contributed by atoms with van der Waals surface area (Å²) in [5.74, 6) is -0.164. The van der Waals surface area contributed by atoms with Gasteiger partial charge in [-0.3, -0.25) is 10.1 Å². The Morgan fingerprint density at radius 2 is 2.10 bits per heavy atom. The first-order chi connectivity index (χ1) is 9.72. The second-order valence-electron chi connectivity index (χ2n) is 4.21. The molecule has 2 aromatic heterocycles. The second kappa shape index (κ2) is 5.52. The first-order valence-electron chi connectivity index (χ1n) is 5.98. The van der Waals surface area contributed by atoms with Crippen molar-refractivity contribution in [3.05, 3.63) is 52.9 Å². The van der Waals surface area contributed by atoms with Gasteiger partial charge in [-0.05, 0) is 30.5 Å². The van der Waals surface area contributed by atoms with Gasteiger partial charge in [0.1, 0.15) is 0 Å². The lowest BCUT2D eigenvalue weighted by Gasteiger charge is -2.01. The topological polar surface area (TPSA) is 54.9 Å². The summed E-state index contributed by atoms with van der Waals surface area (Å²) in [5.41, 5.74) is 1.67. The first-order valence-corrected chi connectivity index (χ1v) is 7.67. The average molecular weight is 301 g/mol. The van der Waals surface area contributed by atoms with Crippen LogP contribution < -0.4 is 5.32 Å². The molecule has 0 radical (unpaired) electrons. The largest absolute Gasteiger partial charge is 0.296 e. The molecule has 0 aliphatic heterocycles. The number of carbonyl (C=O) groups excluding carboxylic acids is 1. The van der Waals surface area contributed by atoms with Gasteiger partial charge in [-0.15, -0.1) is 21.5 Å². The highest BCUT2D eigenvalue weighted by Crippen LogP contribution is 2.29. The molecule has 2 heterocycles. The number of nitrogens with zero attached hydrogens (tertiary/aromatic N) is 2. The molecule has 0 unspecified atom stereocenters. The van der Waals surface area contributed by atoms with Gasteiger partial charge in [0.25, 0.3) is 5.91 Å². The minimum atomic E-state index is -0.164. The van der Waals surface area contributed by atoms with E-state index in [-0.39, 0.29) is 5.91 Å². The van der Waals surface area contributed by atoms with E-state index in [1.807, 2.05) is 42.6 Å². The minimum Gasteiger partial charge on any atom is -0.296 e. The van der Waals surface area contributed by atoms with Crippen LogP contribution in [0.4, 0.5) is 5.13 Å². The molecule has 0 spiro atoms. The summed E-state index contributed by atoms with van der Waals surface area (Å²) in [6, 6.07) is 11.4. The van der Waals surface area contributed by atoms with Crippen LogP contribution in [0, 0.1) is 6.92 Å². The molecule has 1 aromatic carbocycles. The zero-order chi connectivity index (χ0) is 13.9. The molecule has 0 saturated carbocycles. The Morgan fingerprint density at radius 1 is 1.20 bits per heavy atom. The highest BCUT2D eigenvalue weighted by Gasteiger charge is 2.11. The van der Waals surface area contributed by atoms with Crippen molar-refractivity contribution in [2.75, 3.05) is 5.32 Å². The average Bonchev–Trinajstić information content (AvgIpc) is 3.08. The fraction of sp³-hybridized carbons (Fsp3) is 0.0714. The molecule has 0 atom stereocenters. The van der Waals surface area contributed by atoms with Gasteiger partial charge >= 0.3 is 0 Å². The molecule has 0 saturated heterocycles. The number of carbonyl (C=O) groups is 1. The summed E-state index contributed by atoms with van der Waals surface area (Å²) >= 11 is 2.98. The first kappa shape index (κ1) is 13.0. The summed E-state index contributed by atoms with van der Waals surface area (Å²) < 4.78 is 0. The number of thiophene rings is 1. The van der Waals surface area contributed by atoms with E-state index in [2.05, 4.69) is 15.5 Å². The van der Waals surface area contributed by atoms with E-state index >= 15 is 0 Å². The fourth-order valence-electron chi connectivity index (χ4n) is 1.73. The number of aryl methyl sites for hydroxylation is 1. The summed E-state index contributed by atoms with van der Waals surface area (Å²) in [5, 5.41) is 14.2. The summed E-state index contributed by atoms with van der Waals surface area (Å²) in [7, 11) is 0. The monoisotopic (exact) mass is 301 g/mol. The molecule has 0 bridgehead atoms. The van der Waals surface area contributed by atoms with E-state index < -0.39 is 0 Å². The zero-order valence-electron chi connectivity index (χ0n) is 10.7. The molecule has 1 amide bonds. The molecular weight excluding hydrogens is 290 g/mol. The van der Waals surface area contributed by atoms with Crippen molar-refractivity contribution in [1.82, 2.24) is 10.2 Å². The third-order valence-electron chi connectivity index (χ3n) is 2.66. The van der Waals surface area contributed by atoms with Crippen molar-refractivity contribution in [3.63, 3.8) is 0 Å². The minimum absolute atomic E-state index is 0.164. The van der Waals surface area contributed by atoms with Gasteiger partial charge in [0, 0.05) is 5.56 Å². The number of rotatable bonds is 3. The van der Waals surface area contributed by atoms with Gasteiger partial charge < -0.3 is 0 Å². The molecule has 0 fully saturated rings. The predicted octanol–water partition coefficient (Wildman–Crippen LogP) is 3.83. The van der Waals surface area contributed by atoms with Crippen molar-refractivity contribution in [2.45, 2.75) is 6.92 Å². The lowest BCUT2D eigenvalue weighted by molar-refractivity contribution is 0.102. The quantitative estimate of drug-likeness (QED) is 0.800. The van der Waals surface area contributed by atoms with Crippen LogP contribution >= 0.6 is 22.7 Å². The van der Waals surface area contributed by atoms with E-state index in [0.29, 0.717) is 10.7 Å². The van der Waals surface area contributed by atoms with Crippen LogP contribution in [0.1, 0.15) is 15.9 Å². The molecule has 0 aliphatic carbocycles. The van der Waals surface area contributed by atoms with Crippen LogP contribution in [-0.4, -0.2) is 16.1 Å². The highest BCUT2D eigenvalue weighted by atomic mass is 32.1. The van der Waals surface area contributed by atoms with Crippen LogP contribution in [0.15, 0.2) is 41.8 Å². The Bertz CT molecular complexity index is 734. The van der Waals surface area contributed by atoms with E-state index in [1.165, 1.54) is 11.3 Å². The summed E-state index contributed by atoms with van der Waals surface area (Å²) in [4.78, 5) is 13.1. The molecule has 4 nitrogen and oxygen atoms in total. The van der Waals surface area contributed by atoms with Gasteiger partial charge in [0.2, 0.25) is 5.13 Å². The van der Waals surface area contributed by atoms with E-state index in [1.54, 1.807) is 17.4 Å². The molecule has 3 rings (SSSR count). The van der Waals surface area contributed by atoms with Gasteiger partial charge in [0.05, 0.1) is 4.88 Å². The third kappa shape index (κ3) is 2.76. The van der Waals surface area contributed by atoms with Gasteiger partial charge in [-0.25, -0.2) is 0 Å². The normalized spacial score (nSPS) is 10.4. The van der Waals surface area contributed by atoms with Gasteiger partial charge in [-0.2, -0.15) is 0 Å². The van der Waals surface area contributed by atoms with Crippen LogP contribution in [0.5, 0.6) is 0 Å². The van der Waals surface area contributed by atoms with Crippen LogP contribution in [0.2, 0.25) is 0 Å². The van der Waals surface area contributed by atoms with Crippen molar-refractivity contribution in [3.8, 4) is 9.88 Å². The van der Waals surface area contributed by atoms with Crippen LogP contribution in [-0.2, 0) is 0 Å². The standard InChI is InChI=1S/C14H11N3OS2/c1-9-4-2-5-10(8-9)12(18)15-14-17-16-13(20-14)11-6-3-7-19-11/h2-8H,1H3,(H,15,17,18). The van der Waals surface area contributed by atoms with Crippen molar-refractivity contribution >= 4 is 33.7 Å². The molecule has 0 aliphatic rings. The van der Waals surface area contributed by atoms with E-state index in [9.17, 15) is 4.79 Å². The van der Waals surface area contributed by atoms with Crippen molar-refractivity contribution in [1.29, 1.82) is 0 Å². The number of aromatic nitrogens is 2. The second-order valence-corrected chi connectivity index (χ2v) is 6.14. The Kier molecular flexibility index (Phi) is 3.58. The Balaban J connectivity index is 1.77. The van der Waals surface area contributed by atoms with Crippen molar-refractivity contribution in [2.24, 2.45) is 0 Å². The SMILES string of the molecule is Cc1cccc(C(=O)Nc2nnc(-c3cccs3)s2)c1. The Hall–Kier alpha value is -2.05. The number of nitrogens with one attached hydrogen (secondary N) is 1. The Labute approximate surface area is 124 Å². The lowest BCUT2D eigenvalue weighted by atomic mass is 10.1. The molecule has 100 valence electrons. The lowest BCUT2D eigenvalue weighted by Crippen LogP contribution is -2.11. The third-order valence-corrected chi connectivity index (χ3v) is 4.54. The smallest absolute Gasteiger partial charge is 0.257 e. The van der Waals surface area contributed by atoms with Crippen molar-refractivity contribution < 1.29 is 4.79 Å². The zero-order valence-corrected chi connectivity index (χ0v) is 12.3. The number of amides is 1. The Morgan fingerprint density at radius 3 is 2.85 bits per heavy atom. The number of benzene rings is 1. The molecule has 1 N–H and O–H groups in total. The molecule has 6 heteroatoms. The molecular formula is C14H11N3OS2. The maximum Gasteiger partial charge on any atom is 0.257 e. The number of anilines is 1. The van der Waals surface area contributed by atoms with E-state index in [4.69, 9.17) is 0 Å². The van der Waals surface area contributed by atoms with Crippen LogP contribution in [0.25, 0.3) is 9.88 Å². The highest BCUT2D eigenvalue weighted by molar-refractivity contribution is 7.23. The maximum absolute atomic E-state index is 12.1.